The summed E-state index contributed by atoms with van der Waals surface area (Å²) in [6.45, 7) is 4.63. The van der Waals surface area contributed by atoms with Crippen molar-refractivity contribution in [1.29, 1.82) is 0 Å². The fraction of sp³-hybridized carbons (Fsp3) is 0.421. The van der Waals surface area contributed by atoms with Crippen LogP contribution in [0.4, 0.5) is 0 Å². The number of benzene rings is 1. The van der Waals surface area contributed by atoms with Gasteiger partial charge in [0, 0.05) is 23.3 Å². The van der Waals surface area contributed by atoms with Crippen molar-refractivity contribution < 1.29 is 9.53 Å². The number of methoxy groups -OCH3 is 1. The maximum Gasteiger partial charge on any atom is 0.268 e. The number of carbonyl (C=O) groups excluding carboxylic acids is 1. The molecular weight excluding hydrogens is 382 g/mol. The third kappa shape index (κ3) is 4.86. The van der Waals surface area contributed by atoms with E-state index in [1.807, 2.05) is 55.2 Å². The number of ether oxygens (including phenoxy) is 1. The molecular formula is C19H26BrN3O2. The minimum Gasteiger partial charge on any atom is -0.497 e. The van der Waals surface area contributed by atoms with Crippen molar-refractivity contribution in [2.24, 2.45) is 0 Å². The van der Waals surface area contributed by atoms with Crippen molar-refractivity contribution in [2.45, 2.75) is 25.9 Å². The highest BCUT2D eigenvalue weighted by molar-refractivity contribution is 9.10. The van der Waals surface area contributed by atoms with Crippen LogP contribution in [0.15, 0.2) is 41.0 Å². The predicted molar refractivity (Wildman–Crippen MR) is 104 cm³/mol. The molecule has 0 aliphatic heterocycles. The lowest BCUT2D eigenvalue weighted by Crippen LogP contribution is -2.35. The lowest BCUT2D eigenvalue weighted by molar-refractivity contribution is 0.0931. The molecule has 0 saturated carbocycles. The Bertz CT molecular complexity index is 725. The van der Waals surface area contributed by atoms with E-state index in [2.05, 4.69) is 40.0 Å². The average molecular weight is 408 g/mol. The van der Waals surface area contributed by atoms with Crippen molar-refractivity contribution in [2.75, 3.05) is 27.7 Å². The van der Waals surface area contributed by atoms with E-state index in [1.54, 1.807) is 7.11 Å². The van der Waals surface area contributed by atoms with Gasteiger partial charge in [0.2, 0.25) is 0 Å². The van der Waals surface area contributed by atoms with Gasteiger partial charge in [-0.1, -0.05) is 12.1 Å². The summed E-state index contributed by atoms with van der Waals surface area (Å²) < 4.78 is 8.18. The first-order chi connectivity index (χ1) is 11.8. The Morgan fingerprint density at radius 1 is 1.32 bits per heavy atom. The minimum absolute atomic E-state index is 0.0601. The molecule has 1 N–H and O–H groups in total. The highest BCUT2D eigenvalue weighted by atomic mass is 79.9. The molecule has 1 amide bonds. The van der Waals surface area contributed by atoms with E-state index >= 15 is 0 Å². The van der Waals surface area contributed by atoms with Gasteiger partial charge in [-0.15, -0.1) is 0 Å². The van der Waals surface area contributed by atoms with Crippen molar-refractivity contribution >= 4 is 21.8 Å². The van der Waals surface area contributed by atoms with Gasteiger partial charge in [-0.05, 0) is 67.6 Å². The first-order valence-electron chi connectivity index (χ1n) is 8.29. The van der Waals surface area contributed by atoms with Crippen LogP contribution in [0.2, 0.25) is 0 Å². The molecule has 25 heavy (non-hydrogen) atoms. The molecule has 2 aromatic rings. The van der Waals surface area contributed by atoms with E-state index in [-0.39, 0.29) is 18.0 Å². The second-order valence-electron chi connectivity index (χ2n) is 6.51. The molecule has 2 rings (SSSR count). The molecule has 1 atom stereocenters. The third-order valence-electron chi connectivity index (χ3n) is 4.16. The van der Waals surface area contributed by atoms with Crippen LogP contribution >= 0.6 is 15.9 Å². The van der Waals surface area contributed by atoms with Crippen molar-refractivity contribution in [3.8, 4) is 5.75 Å². The Balaban J connectivity index is 2.15. The van der Waals surface area contributed by atoms with Crippen molar-refractivity contribution in [3.63, 3.8) is 0 Å². The van der Waals surface area contributed by atoms with Crippen LogP contribution in [0.3, 0.4) is 0 Å². The second-order valence-corrected chi connectivity index (χ2v) is 7.43. The van der Waals surface area contributed by atoms with Crippen LogP contribution < -0.4 is 10.1 Å². The number of hydrogen-bond acceptors (Lipinski definition) is 3. The molecule has 0 aliphatic rings. The summed E-state index contributed by atoms with van der Waals surface area (Å²) in [6, 6.07) is 10.1. The van der Waals surface area contributed by atoms with Gasteiger partial charge in [-0.3, -0.25) is 4.79 Å². The van der Waals surface area contributed by atoms with Gasteiger partial charge in [0.1, 0.15) is 11.4 Å². The quantitative estimate of drug-likeness (QED) is 0.757. The number of carbonyl (C=O) groups is 1. The minimum atomic E-state index is -0.0749. The normalized spacial score (nSPS) is 12.5. The van der Waals surface area contributed by atoms with E-state index < -0.39 is 0 Å². The SMILES string of the molecule is COc1cccc(C(CNC(=O)c2cc(Br)cn2C(C)C)N(C)C)c1. The van der Waals surface area contributed by atoms with Crippen LogP contribution in [-0.4, -0.2) is 43.1 Å². The number of nitrogens with one attached hydrogen (secondary N) is 1. The second kappa shape index (κ2) is 8.54. The topological polar surface area (TPSA) is 46.5 Å². The standard InChI is InChI=1S/C19H26BrN3O2/c1-13(2)23-12-15(20)10-17(23)19(24)21-11-18(22(3)4)14-7-6-8-16(9-14)25-5/h6-10,12-13,18H,11H2,1-5H3,(H,21,24). The molecule has 0 saturated heterocycles. The summed E-state index contributed by atoms with van der Waals surface area (Å²) >= 11 is 3.45. The number of nitrogens with zero attached hydrogens (tertiary/aromatic N) is 2. The predicted octanol–water partition coefficient (Wildman–Crippen LogP) is 3.87. The average Bonchev–Trinajstić information content (AvgIpc) is 2.97. The van der Waals surface area contributed by atoms with Gasteiger partial charge < -0.3 is 19.5 Å². The summed E-state index contributed by atoms with van der Waals surface area (Å²) in [6.07, 6.45) is 1.94. The van der Waals surface area contributed by atoms with Gasteiger partial charge in [0.15, 0.2) is 0 Å². The largest absolute Gasteiger partial charge is 0.497 e. The molecule has 0 fully saturated rings. The van der Waals surface area contributed by atoms with Crippen LogP contribution in [-0.2, 0) is 0 Å². The summed E-state index contributed by atoms with van der Waals surface area (Å²) in [5.41, 5.74) is 1.76. The highest BCUT2D eigenvalue weighted by Gasteiger charge is 2.19. The molecule has 5 nitrogen and oxygen atoms in total. The Labute approximate surface area is 158 Å². The third-order valence-corrected chi connectivity index (χ3v) is 4.60. The fourth-order valence-electron chi connectivity index (χ4n) is 2.78. The first kappa shape index (κ1) is 19.5. The maximum atomic E-state index is 12.7. The summed E-state index contributed by atoms with van der Waals surface area (Å²) in [7, 11) is 5.66. The Kier molecular flexibility index (Phi) is 6.67. The molecule has 0 radical (unpaired) electrons. The molecule has 1 aromatic heterocycles. The van der Waals surface area contributed by atoms with Crippen LogP contribution in [0.1, 0.15) is 42.0 Å². The van der Waals surface area contributed by atoms with Gasteiger partial charge >= 0.3 is 0 Å². The lowest BCUT2D eigenvalue weighted by atomic mass is 10.1. The van der Waals surface area contributed by atoms with Crippen molar-refractivity contribution in [1.82, 2.24) is 14.8 Å². The van der Waals surface area contributed by atoms with E-state index in [0.29, 0.717) is 12.2 Å². The lowest BCUT2D eigenvalue weighted by Gasteiger charge is -2.25. The summed E-state index contributed by atoms with van der Waals surface area (Å²) in [5, 5.41) is 3.06. The zero-order chi connectivity index (χ0) is 18.6. The number of amides is 1. The Hall–Kier alpha value is -1.79. The van der Waals surface area contributed by atoms with Crippen LogP contribution in [0.5, 0.6) is 5.75 Å². The number of rotatable bonds is 7. The number of aromatic nitrogens is 1. The van der Waals surface area contributed by atoms with Crippen LogP contribution in [0.25, 0.3) is 0 Å². The van der Waals surface area contributed by atoms with Crippen molar-refractivity contribution in [3.05, 3.63) is 52.3 Å². The molecule has 1 unspecified atom stereocenters. The molecule has 1 aromatic carbocycles. The first-order valence-corrected chi connectivity index (χ1v) is 9.08. The smallest absolute Gasteiger partial charge is 0.268 e. The van der Waals surface area contributed by atoms with E-state index in [4.69, 9.17) is 4.74 Å². The molecule has 1 heterocycles. The van der Waals surface area contributed by atoms with Gasteiger partial charge in [0.25, 0.3) is 5.91 Å². The Morgan fingerprint density at radius 3 is 2.64 bits per heavy atom. The molecule has 0 aliphatic carbocycles. The van der Waals surface area contributed by atoms with Gasteiger partial charge in [-0.25, -0.2) is 0 Å². The number of halogens is 1. The van der Waals surface area contributed by atoms with Crippen LogP contribution in [0, 0.1) is 0 Å². The number of likely N-dealkylation sites (N-methyl/N-ethyl adjacent to an activating group) is 1. The summed E-state index contributed by atoms with van der Waals surface area (Å²) in [5.74, 6) is 0.738. The monoisotopic (exact) mass is 407 g/mol. The van der Waals surface area contributed by atoms with E-state index in [0.717, 1.165) is 15.8 Å². The highest BCUT2D eigenvalue weighted by Crippen LogP contribution is 2.23. The zero-order valence-corrected chi connectivity index (χ0v) is 17.0. The molecule has 0 spiro atoms. The van der Waals surface area contributed by atoms with Gasteiger partial charge in [0.05, 0.1) is 13.2 Å². The Morgan fingerprint density at radius 2 is 2.04 bits per heavy atom. The molecule has 6 heteroatoms. The fourth-order valence-corrected chi connectivity index (χ4v) is 3.22. The van der Waals surface area contributed by atoms with Gasteiger partial charge in [-0.2, -0.15) is 0 Å². The summed E-state index contributed by atoms with van der Waals surface area (Å²) in [4.78, 5) is 14.8. The molecule has 0 bridgehead atoms. The number of hydrogen-bond donors (Lipinski definition) is 1. The zero-order valence-electron chi connectivity index (χ0n) is 15.4. The van der Waals surface area contributed by atoms with E-state index in [9.17, 15) is 4.79 Å². The maximum absolute atomic E-state index is 12.7. The molecule has 136 valence electrons. The van der Waals surface area contributed by atoms with E-state index in [1.165, 1.54) is 0 Å².